The van der Waals surface area contributed by atoms with Gasteiger partial charge in [0.25, 0.3) is 0 Å². The fourth-order valence-corrected chi connectivity index (χ4v) is 2.36. The predicted octanol–water partition coefficient (Wildman–Crippen LogP) is 0.930. The summed E-state index contributed by atoms with van der Waals surface area (Å²) < 4.78 is 0. The van der Waals surface area contributed by atoms with Crippen molar-refractivity contribution in [2.24, 2.45) is 0 Å². The molecule has 1 saturated heterocycles. The minimum atomic E-state index is 0.756. The van der Waals surface area contributed by atoms with Gasteiger partial charge in [-0.3, -0.25) is 0 Å². The zero-order valence-electron chi connectivity index (χ0n) is 10.5. The number of nitrogens with one attached hydrogen (secondary N) is 1. The second kappa shape index (κ2) is 4.42. The third kappa shape index (κ3) is 1.97. The van der Waals surface area contributed by atoms with Crippen LogP contribution in [0, 0.1) is 6.92 Å². The summed E-state index contributed by atoms with van der Waals surface area (Å²) in [6.07, 6.45) is 0. The highest BCUT2D eigenvalue weighted by atomic mass is 15.2. The zero-order valence-corrected chi connectivity index (χ0v) is 10.5. The first-order valence-corrected chi connectivity index (χ1v) is 6.23. The second-order valence-corrected chi connectivity index (χ2v) is 4.61. The first-order valence-electron chi connectivity index (χ1n) is 6.23. The van der Waals surface area contributed by atoms with Crippen molar-refractivity contribution in [3.63, 3.8) is 0 Å². The Balaban J connectivity index is 2.16. The van der Waals surface area contributed by atoms with Crippen LogP contribution >= 0.6 is 0 Å². The Morgan fingerprint density at radius 3 is 2.78 bits per heavy atom. The maximum absolute atomic E-state index is 5.87. The summed E-state index contributed by atoms with van der Waals surface area (Å²) in [6.45, 7) is 5.86. The topological polar surface area (TPSA) is 67.1 Å². The van der Waals surface area contributed by atoms with E-state index < -0.39 is 0 Å². The van der Waals surface area contributed by atoms with Gasteiger partial charge in [-0.1, -0.05) is 0 Å². The van der Waals surface area contributed by atoms with Crippen molar-refractivity contribution >= 4 is 22.4 Å². The zero-order chi connectivity index (χ0) is 12.5. The van der Waals surface area contributed by atoms with E-state index in [2.05, 4.69) is 20.2 Å². The van der Waals surface area contributed by atoms with Crippen molar-refractivity contribution in [2.75, 3.05) is 36.8 Å². The minimum absolute atomic E-state index is 0.756. The van der Waals surface area contributed by atoms with E-state index in [9.17, 15) is 0 Å². The molecule has 1 aromatic carbocycles. The highest BCUT2D eigenvalue weighted by Crippen LogP contribution is 2.26. The molecule has 0 aliphatic carbocycles. The lowest BCUT2D eigenvalue weighted by Crippen LogP contribution is -2.44. The first kappa shape index (κ1) is 11.2. The first-order chi connectivity index (χ1) is 8.74. The molecule has 0 unspecified atom stereocenters. The van der Waals surface area contributed by atoms with Crippen molar-refractivity contribution in [1.29, 1.82) is 0 Å². The van der Waals surface area contributed by atoms with Gasteiger partial charge in [0.2, 0.25) is 0 Å². The number of hydrogen-bond acceptors (Lipinski definition) is 5. The van der Waals surface area contributed by atoms with E-state index in [1.165, 1.54) is 0 Å². The van der Waals surface area contributed by atoms with E-state index >= 15 is 0 Å². The van der Waals surface area contributed by atoms with Crippen LogP contribution < -0.4 is 16.0 Å². The number of nitrogens with two attached hydrogens (primary N) is 1. The van der Waals surface area contributed by atoms with Gasteiger partial charge in [0, 0.05) is 37.3 Å². The van der Waals surface area contributed by atoms with Gasteiger partial charge in [0.05, 0.1) is 5.52 Å². The van der Waals surface area contributed by atoms with Crippen LogP contribution in [0.25, 0.3) is 10.9 Å². The van der Waals surface area contributed by atoms with Gasteiger partial charge in [-0.05, 0) is 25.1 Å². The molecule has 5 heteroatoms. The number of fused-ring (bicyclic) bond motifs is 1. The van der Waals surface area contributed by atoms with E-state index in [-0.39, 0.29) is 0 Å². The molecule has 2 heterocycles. The third-order valence-corrected chi connectivity index (χ3v) is 3.23. The SMILES string of the molecule is Cc1nc(N2CCNCC2)c2cc(N)ccc2n1. The van der Waals surface area contributed by atoms with Gasteiger partial charge in [-0.25, -0.2) is 9.97 Å². The Morgan fingerprint density at radius 2 is 2.00 bits per heavy atom. The molecule has 0 bridgehead atoms. The Labute approximate surface area is 106 Å². The lowest BCUT2D eigenvalue weighted by molar-refractivity contribution is 0.585. The molecule has 3 N–H and O–H groups in total. The fraction of sp³-hybridized carbons (Fsp3) is 0.385. The quantitative estimate of drug-likeness (QED) is 0.729. The number of benzene rings is 1. The molecular weight excluding hydrogens is 226 g/mol. The average Bonchev–Trinajstić information content (AvgIpc) is 2.39. The number of aromatic nitrogens is 2. The van der Waals surface area contributed by atoms with Crippen LogP contribution in [0.2, 0.25) is 0 Å². The van der Waals surface area contributed by atoms with Crippen molar-refractivity contribution in [2.45, 2.75) is 6.92 Å². The summed E-state index contributed by atoms with van der Waals surface area (Å²) >= 11 is 0. The van der Waals surface area contributed by atoms with Crippen LogP contribution in [-0.2, 0) is 0 Å². The molecule has 1 aliphatic rings. The molecule has 0 atom stereocenters. The number of piperazine rings is 1. The molecule has 1 aliphatic heterocycles. The van der Waals surface area contributed by atoms with E-state index in [1.807, 2.05) is 25.1 Å². The van der Waals surface area contributed by atoms with Crippen LogP contribution in [-0.4, -0.2) is 36.1 Å². The lowest BCUT2D eigenvalue weighted by Gasteiger charge is -2.29. The van der Waals surface area contributed by atoms with Crippen LogP contribution in [0.5, 0.6) is 0 Å². The van der Waals surface area contributed by atoms with Gasteiger partial charge in [0.1, 0.15) is 11.6 Å². The van der Waals surface area contributed by atoms with Crippen molar-refractivity contribution < 1.29 is 0 Å². The summed E-state index contributed by atoms with van der Waals surface area (Å²) in [5, 5.41) is 4.39. The smallest absolute Gasteiger partial charge is 0.140 e. The van der Waals surface area contributed by atoms with Gasteiger partial charge in [-0.2, -0.15) is 0 Å². The normalized spacial score (nSPS) is 16.2. The number of anilines is 2. The molecule has 0 radical (unpaired) electrons. The number of aryl methyl sites for hydroxylation is 1. The van der Waals surface area contributed by atoms with E-state index in [4.69, 9.17) is 5.73 Å². The van der Waals surface area contributed by atoms with Crippen LogP contribution in [0.15, 0.2) is 18.2 Å². The second-order valence-electron chi connectivity index (χ2n) is 4.61. The molecular formula is C13H17N5. The van der Waals surface area contributed by atoms with Crippen LogP contribution in [0.4, 0.5) is 11.5 Å². The van der Waals surface area contributed by atoms with Crippen LogP contribution in [0.3, 0.4) is 0 Å². The van der Waals surface area contributed by atoms with Gasteiger partial charge >= 0.3 is 0 Å². The summed E-state index contributed by atoms with van der Waals surface area (Å²) in [7, 11) is 0. The summed E-state index contributed by atoms with van der Waals surface area (Å²) in [5.74, 6) is 1.81. The Bertz CT molecular complexity index is 575. The van der Waals surface area contributed by atoms with E-state index in [1.54, 1.807) is 0 Å². The standard InChI is InChI=1S/C13H17N5/c1-9-16-12-3-2-10(14)8-11(12)13(17-9)18-6-4-15-5-7-18/h2-3,8,15H,4-7,14H2,1H3. The molecule has 94 valence electrons. The molecule has 5 nitrogen and oxygen atoms in total. The van der Waals surface area contributed by atoms with E-state index in [0.717, 1.165) is 54.4 Å². The molecule has 1 fully saturated rings. The minimum Gasteiger partial charge on any atom is -0.399 e. The van der Waals surface area contributed by atoms with Crippen molar-refractivity contribution in [3.05, 3.63) is 24.0 Å². The Kier molecular flexibility index (Phi) is 2.76. The van der Waals surface area contributed by atoms with E-state index in [0.29, 0.717) is 0 Å². The number of hydrogen-bond donors (Lipinski definition) is 2. The highest BCUT2D eigenvalue weighted by molar-refractivity contribution is 5.91. The molecule has 18 heavy (non-hydrogen) atoms. The number of nitrogens with zero attached hydrogens (tertiary/aromatic N) is 3. The van der Waals surface area contributed by atoms with Gasteiger partial charge in [-0.15, -0.1) is 0 Å². The molecule has 1 aromatic heterocycles. The average molecular weight is 243 g/mol. The highest BCUT2D eigenvalue weighted by Gasteiger charge is 2.15. The number of rotatable bonds is 1. The largest absolute Gasteiger partial charge is 0.399 e. The fourth-order valence-electron chi connectivity index (χ4n) is 2.36. The van der Waals surface area contributed by atoms with Crippen molar-refractivity contribution in [3.8, 4) is 0 Å². The molecule has 3 rings (SSSR count). The summed E-state index contributed by atoms with van der Waals surface area (Å²) in [5.41, 5.74) is 7.59. The maximum Gasteiger partial charge on any atom is 0.140 e. The number of nitrogen functional groups attached to an aromatic ring is 1. The Morgan fingerprint density at radius 1 is 1.22 bits per heavy atom. The summed E-state index contributed by atoms with van der Waals surface area (Å²) in [4.78, 5) is 11.4. The summed E-state index contributed by atoms with van der Waals surface area (Å²) in [6, 6.07) is 5.81. The van der Waals surface area contributed by atoms with Crippen LogP contribution in [0.1, 0.15) is 5.82 Å². The predicted molar refractivity (Wildman–Crippen MR) is 73.8 cm³/mol. The monoisotopic (exact) mass is 243 g/mol. The van der Waals surface area contributed by atoms with Gasteiger partial charge < -0.3 is 16.0 Å². The third-order valence-electron chi connectivity index (χ3n) is 3.23. The maximum atomic E-state index is 5.87. The molecule has 0 saturated carbocycles. The molecule has 0 amide bonds. The molecule has 0 spiro atoms. The Hall–Kier alpha value is -1.88. The molecule has 2 aromatic rings. The van der Waals surface area contributed by atoms with Crippen molar-refractivity contribution in [1.82, 2.24) is 15.3 Å². The van der Waals surface area contributed by atoms with Gasteiger partial charge in [0.15, 0.2) is 0 Å². The lowest BCUT2D eigenvalue weighted by atomic mass is 10.2.